The fourth-order valence-corrected chi connectivity index (χ4v) is 5.23. The SMILES string of the molecule is COc1cc2occ(-c3ccc(O[C@H]4O[C@@H](CO[C@@H]5O[C@H](CO)[C@@H](O)[C@H](O)[C@@H]5O)[C@H](O)[C@@H](O)[C@@H]4O)c(O)c3)c(=O)c2c(OC)c1O. The summed E-state index contributed by atoms with van der Waals surface area (Å²) in [5.41, 5.74) is -0.382. The highest BCUT2D eigenvalue weighted by Crippen LogP contribution is 2.42. The maximum absolute atomic E-state index is 13.4. The lowest BCUT2D eigenvalue weighted by atomic mass is 9.98. The molecule has 10 atom stereocenters. The van der Waals surface area contributed by atoms with Crippen molar-refractivity contribution < 1.29 is 78.8 Å². The van der Waals surface area contributed by atoms with E-state index in [9.17, 15) is 50.8 Å². The Hall–Kier alpha value is -3.75. The fraction of sp³-hybridized carbons (Fsp3) is 0.483. The van der Waals surface area contributed by atoms with E-state index in [1.807, 2.05) is 0 Å². The monoisotopic (exact) mass is 654 g/mol. The van der Waals surface area contributed by atoms with Crippen molar-refractivity contribution in [3.8, 4) is 39.9 Å². The van der Waals surface area contributed by atoms with Crippen LogP contribution in [0.4, 0.5) is 0 Å². The fourth-order valence-electron chi connectivity index (χ4n) is 5.23. The Bertz CT molecular complexity index is 1590. The van der Waals surface area contributed by atoms with E-state index in [1.54, 1.807) is 0 Å². The van der Waals surface area contributed by atoms with Crippen molar-refractivity contribution in [3.05, 3.63) is 40.8 Å². The number of fused-ring (bicyclic) bond motifs is 1. The van der Waals surface area contributed by atoms with Gasteiger partial charge in [-0.3, -0.25) is 4.79 Å². The van der Waals surface area contributed by atoms with E-state index in [0.717, 1.165) is 12.3 Å². The largest absolute Gasteiger partial charge is 0.504 e. The Labute approximate surface area is 259 Å². The minimum atomic E-state index is -1.82. The van der Waals surface area contributed by atoms with Crippen LogP contribution in [0.25, 0.3) is 22.1 Å². The van der Waals surface area contributed by atoms with Crippen LogP contribution in [0.2, 0.25) is 0 Å². The molecule has 5 rings (SSSR count). The summed E-state index contributed by atoms with van der Waals surface area (Å²) in [5.74, 6) is -1.35. The first-order valence-corrected chi connectivity index (χ1v) is 13.9. The van der Waals surface area contributed by atoms with Gasteiger partial charge in [-0.25, -0.2) is 0 Å². The summed E-state index contributed by atoms with van der Waals surface area (Å²) in [5, 5.41) is 91.9. The Morgan fingerprint density at radius 3 is 2.07 bits per heavy atom. The van der Waals surface area contributed by atoms with E-state index < -0.39 is 91.6 Å². The first kappa shape index (κ1) is 33.6. The second-order valence-electron chi connectivity index (χ2n) is 10.7. The Kier molecular flexibility index (Phi) is 9.89. The minimum Gasteiger partial charge on any atom is -0.504 e. The van der Waals surface area contributed by atoms with Crippen LogP contribution in [0.1, 0.15) is 0 Å². The second kappa shape index (κ2) is 13.5. The number of aliphatic hydroxyl groups excluding tert-OH is 7. The Morgan fingerprint density at radius 1 is 0.783 bits per heavy atom. The van der Waals surface area contributed by atoms with E-state index in [4.69, 9.17) is 32.8 Å². The molecule has 252 valence electrons. The van der Waals surface area contributed by atoms with Crippen LogP contribution in [-0.4, -0.2) is 135 Å². The van der Waals surface area contributed by atoms with Crippen molar-refractivity contribution >= 4 is 11.0 Å². The summed E-state index contributed by atoms with van der Waals surface area (Å²) < 4.78 is 37.7. The van der Waals surface area contributed by atoms with Crippen LogP contribution >= 0.6 is 0 Å². The van der Waals surface area contributed by atoms with Gasteiger partial charge in [-0.05, 0) is 17.7 Å². The molecule has 46 heavy (non-hydrogen) atoms. The highest BCUT2D eigenvalue weighted by Gasteiger charge is 2.48. The standard InChI is InChI=1S/C29H34O17/c1-40-15-6-14-18(27(41-2)22(15)35)19(32)11(8-42-14)10-3-4-13(12(31)5-10)44-29-26(39)24(37)21(34)17(46-29)9-43-28-25(38)23(36)20(33)16(7-30)45-28/h3-6,8,16-17,20-21,23-26,28-31,33-39H,7,9H2,1-2H3/t16-,17+,20-,21+,23+,24-,25+,26+,28-,29+/m1/s1. The first-order chi connectivity index (χ1) is 21.9. The van der Waals surface area contributed by atoms with Crippen LogP contribution in [0.3, 0.4) is 0 Å². The number of ether oxygens (including phenoxy) is 6. The van der Waals surface area contributed by atoms with Gasteiger partial charge < -0.3 is 78.8 Å². The normalized spacial score (nSPS) is 31.5. The Balaban J connectivity index is 1.34. The number of hydrogen-bond donors (Lipinski definition) is 9. The van der Waals surface area contributed by atoms with Gasteiger partial charge in [0.15, 0.2) is 29.3 Å². The third-order valence-electron chi connectivity index (χ3n) is 7.84. The molecule has 2 saturated heterocycles. The number of phenols is 2. The van der Waals surface area contributed by atoms with Crippen LogP contribution in [0, 0.1) is 0 Å². The molecule has 0 aliphatic carbocycles. The van der Waals surface area contributed by atoms with Crippen molar-refractivity contribution in [2.24, 2.45) is 0 Å². The van der Waals surface area contributed by atoms with Gasteiger partial charge in [-0.15, -0.1) is 0 Å². The maximum atomic E-state index is 13.4. The van der Waals surface area contributed by atoms with Gasteiger partial charge in [-0.1, -0.05) is 6.07 Å². The maximum Gasteiger partial charge on any atom is 0.229 e. The van der Waals surface area contributed by atoms with Gasteiger partial charge in [0, 0.05) is 6.07 Å². The summed E-state index contributed by atoms with van der Waals surface area (Å²) in [4.78, 5) is 13.4. The summed E-state index contributed by atoms with van der Waals surface area (Å²) in [6.45, 7) is -1.28. The number of rotatable bonds is 9. The predicted octanol–water partition coefficient (Wildman–Crippen LogP) is -2.11. The zero-order valence-corrected chi connectivity index (χ0v) is 24.4. The van der Waals surface area contributed by atoms with E-state index in [1.165, 1.54) is 32.4 Å². The van der Waals surface area contributed by atoms with Gasteiger partial charge in [-0.2, -0.15) is 0 Å². The number of hydrogen-bond acceptors (Lipinski definition) is 17. The quantitative estimate of drug-likeness (QED) is 0.119. The molecule has 2 aromatic carbocycles. The molecule has 2 aliphatic rings. The average Bonchev–Trinajstić information content (AvgIpc) is 3.05. The van der Waals surface area contributed by atoms with Crippen molar-refractivity contribution in [3.63, 3.8) is 0 Å². The van der Waals surface area contributed by atoms with Gasteiger partial charge in [0.05, 0.1) is 33.0 Å². The molecular weight excluding hydrogens is 620 g/mol. The van der Waals surface area contributed by atoms with Crippen LogP contribution in [0.5, 0.6) is 28.7 Å². The molecule has 17 nitrogen and oxygen atoms in total. The molecule has 17 heteroatoms. The van der Waals surface area contributed by atoms with Gasteiger partial charge in [0.1, 0.15) is 66.1 Å². The van der Waals surface area contributed by atoms with Crippen molar-refractivity contribution in [2.45, 2.75) is 61.4 Å². The van der Waals surface area contributed by atoms with Crippen molar-refractivity contribution in [1.82, 2.24) is 0 Å². The smallest absolute Gasteiger partial charge is 0.229 e. The molecule has 3 aromatic rings. The topological polar surface area (TPSA) is 268 Å². The lowest BCUT2D eigenvalue weighted by Gasteiger charge is -2.42. The highest BCUT2D eigenvalue weighted by atomic mass is 16.7. The van der Waals surface area contributed by atoms with Gasteiger partial charge in [0.25, 0.3) is 0 Å². The zero-order chi connectivity index (χ0) is 33.4. The number of phenolic OH excluding ortho intramolecular Hbond substituents is 2. The molecule has 0 bridgehead atoms. The van der Waals surface area contributed by atoms with Crippen LogP contribution < -0.4 is 19.6 Å². The van der Waals surface area contributed by atoms with E-state index in [0.29, 0.717) is 0 Å². The first-order valence-electron chi connectivity index (χ1n) is 13.9. The van der Waals surface area contributed by atoms with Crippen molar-refractivity contribution in [2.75, 3.05) is 27.4 Å². The zero-order valence-electron chi connectivity index (χ0n) is 24.4. The van der Waals surface area contributed by atoms with Gasteiger partial charge >= 0.3 is 0 Å². The molecule has 9 N–H and O–H groups in total. The molecule has 0 radical (unpaired) electrons. The third-order valence-corrected chi connectivity index (χ3v) is 7.84. The highest BCUT2D eigenvalue weighted by molar-refractivity contribution is 5.91. The molecule has 3 heterocycles. The lowest BCUT2D eigenvalue weighted by Crippen LogP contribution is -2.62. The van der Waals surface area contributed by atoms with E-state index in [2.05, 4.69) is 0 Å². The Morgan fingerprint density at radius 2 is 1.43 bits per heavy atom. The molecule has 2 aliphatic heterocycles. The predicted molar refractivity (Wildman–Crippen MR) is 151 cm³/mol. The number of methoxy groups -OCH3 is 2. The van der Waals surface area contributed by atoms with Crippen LogP contribution in [-0.2, 0) is 14.2 Å². The summed E-state index contributed by atoms with van der Waals surface area (Å²) in [7, 11) is 2.57. The van der Waals surface area contributed by atoms with Crippen molar-refractivity contribution in [1.29, 1.82) is 0 Å². The molecule has 0 saturated carbocycles. The van der Waals surface area contributed by atoms with Crippen LogP contribution in [0.15, 0.2) is 39.7 Å². The molecule has 0 spiro atoms. The average molecular weight is 655 g/mol. The molecule has 1 aromatic heterocycles. The molecule has 2 fully saturated rings. The lowest BCUT2D eigenvalue weighted by molar-refractivity contribution is -0.323. The summed E-state index contributed by atoms with van der Waals surface area (Å²) in [6.07, 6.45) is -15.2. The molecule has 0 amide bonds. The van der Waals surface area contributed by atoms with E-state index >= 15 is 0 Å². The second-order valence-corrected chi connectivity index (χ2v) is 10.7. The summed E-state index contributed by atoms with van der Waals surface area (Å²) in [6, 6.07) is 5.09. The minimum absolute atomic E-state index is 0.0184. The number of benzene rings is 2. The third kappa shape index (κ3) is 6.05. The van der Waals surface area contributed by atoms with Gasteiger partial charge in [0.2, 0.25) is 17.5 Å². The van der Waals surface area contributed by atoms with E-state index in [-0.39, 0.29) is 39.3 Å². The number of aliphatic hydroxyl groups is 7. The summed E-state index contributed by atoms with van der Waals surface area (Å²) >= 11 is 0. The number of aromatic hydroxyl groups is 2. The molecule has 0 unspecified atom stereocenters. The molecular formula is C29H34O17.